The van der Waals surface area contributed by atoms with Gasteiger partial charge in [-0.05, 0) is 24.3 Å². The molecule has 1 amide bonds. The van der Waals surface area contributed by atoms with E-state index in [0.717, 1.165) is 19.3 Å². The van der Waals surface area contributed by atoms with Crippen molar-refractivity contribution in [3.05, 3.63) is 42.2 Å². The molecule has 1 aromatic rings. The van der Waals surface area contributed by atoms with Crippen molar-refractivity contribution in [2.75, 3.05) is 12.4 Å². The normalized spacial score (nSPS) is 9.38. The lowest BCUT2D eigenvalue weighted by Crippen LogP contribution is -2.10. The van der Waals surface area contributed by atoms with E-state index in [9.17, 15) is 14.0 Å². The predicted molar refractivity (Wildman–Crippen MR) is 56.6 cm³/mol. The lowest BCUT2D eigenvalue weighted by atomic mass is 10.2. The Labute approximate surface area is 91.7 Å². The maximum Gasteiger partial charge on any atom is 0.340 e. The number of ether oxygens (including phenoxy) is 1. The third-order valence-corrected chi connectivity index (χ3v) is 1.82. The van der Waals surface area contributed by atoms with Crippen molar-refractivity contribution in [1.29, 1.82) is 0 Å². The molecule has 0 bridgehead atoms. The molecule has 84 valence electrons. The maximum atomic E-state index is 13.2. The topological polar surface area (TPSA) is 55.4 Å². The first-order chi connectivity index (χ1) is 7.58. The summed E-state index contributed by atoms with van der Waals surface area (Å²) in [4.78, 5) is 22.1. The molecule has 16 heavy (non-hydrogen) atoms. The number of nitrogens with one attached hydrogen (secondary N) is 1. The standard InChI is InChI=1S/C11H10FNO3/c1-3-10(14)13-7-4-5-9(12)8(6-7)11(15)16-2/h3-6H,1H2,2H3,(H,13,14). The fraction of sp³-hybridized carbons (Fsp3) is 0.0909. The van der Waals surface area contributed by atoms with E-state index in [1.54, 1.807) is 0 Å². The summed E-state index contributed by atoms with van der Waals surface area (Å²) in [6.07, 6.45) is 1.07. The van der Waals surface area contributed by atoms with E-state index in [1.807, 2.05) is 0 Å². The molecule has 0 spiro atoms. The molecular formula is C11H10FNO3. The quantitative estimate of drug-likeness (QED) is 0.627. The van der Waals surface area contributed by atoms with Crippen LogP contribution < -0.4 is 5.32 Å². The fourth-order valence-corrected chi connectivity index (χ4v) is 1.06. The van der Waals surface area contributed by atoms with E-state index in [0.29, 0.717) is 5.69 Å². The van der Waals surface area contributed by atoms with E-state index in [1.165, 1.54) is 12.1 Å². The Morgan fingerprint density at radius 3 is 2.75 bits per heavy atom. The van der Waals surface area contributed by atoms with Crippen LogP contribution in [0.2, 0.25) is 0 Å². The molecule has 0 aliphatic carbocycles. The van der Waals surface area contributed by atoms with Crippen LogP contribution in [0.15, 0.2) is 30.9 Å². The molecule has 0 heterocycles. The van der Waals surface area contributed by atoms with Crippen molar-refractivity contribution < 1.29 is 18.7 Å². The zero-order valence-electron chi connectivity index (χ0n) is 8.62. The van der Waals surface area contributed by atoms with Crippen molar-refractivity contribution in [3.63, 3.8) is 0 Å². The minimum absolute atomic E-state index is 0.232. The Kier molecular flexibility index (Phi) is 3.77. The minimum Gasteiger partial charge on any atom is -0.465 e. The summed E-state index contributed by atoms with van der Waals surface area (Å²) in [6, 6.07) is 3.61. The molecule has 0 aliphatic rings. The third-order valence-electron chi connectivity index (χ3n) is 1.82. The molecule has 5 heteroatoms. The van der Waals surface area contributed by atoms with Crippen LogP contribution in [-0.2, 0) is 9.53 Å². The van der Waals surface area contributed by atoms with E-state index in [4.69, 9.17) is 0 Å². The molecule has 0 fully saturated rings. The molecule has 0 saturated heterocycles. The second-order valence-corrected chi connectivity index (χ2v) is 2.88. The van der Waals surface area contributed by atoms with Crippen molar-refractivity contribution in [2.24, 2.45) is 0 Å². The van der Waals surface area contributed by atoms with Crippen LogP contribution in [0.25, 0.3) is 0 Å². The summed E-state index contributed by atoms with van der Waals surface area (Å²) >= 11 is 0. The Morgan fingerprint density at radius 2 is 2.19 bits per heavy atom. The number of amides is 1. The summed E-state index contributed by atoms with van der Waals surface area (Å²) in [5.41, 5.74) is 0.0658. The average molecular weight is 223 g/mol. The van der Waals surface area contributed by atoms with Gasteiger partial charge in [0.1, 0.15) is 5.82 Å². The van der Waals surface area contributed by atoms with Gasteiger partial charge in [-0.25, -0.2) is 9.18 Å². The molecule has 0 aliphatic heterocycles. The maximum absolute atomic E-state index is 13.2. The molecular weight excluding hydrogens is 213 g/mol. The van der Waals surface area contributed by atoms with E-state index in [-0.39, 0.29) is 5.56 Å². The van der Waals surface area contributed by atoms with Crippen LogP contribution >= 0.6 is 0 Å². The van der Waals surface area contributed by atoms with Gasteiger partial charge in [-0.1, -0.05) is 6.58 Å². The first-order valence-corrected chi connectivity index (χ1v) is 4.39. The lowest BCUT2D eigenvalue weighted by molar-refractivity contribution is -0.111. The van der Waals surface area contributed by atoms with Gasteiger partial charge in [0, 0.05) is 5.69 Å². The molecule has 0 radical (unpaired) electrons. The highest BCUT2D eigenvalue weighted by Gasteiger charge is 2.12. The van der Waals surface area contributed by atoms with E-state index >= 15 is 0 Å². The van der Waals surface area contributed by atoms with Crippen molar-refractivity contribution in [2.45, 2.75) is 0 Å². The Bertz CT molecular complexity index is 443. The molecule has 4 nitrogen and oxygen atoms in total. The van der Waals surface area contributed by atoms with Crippen molar-refractivity contribution in [1.82, 2.24) is 0 Å². The van der Waals surface area contributed by atoms with Crippen molar-refractivity contribution in [3.8, 4) is 0 Å². The fourth-order valence-electron chi connectivity index (χ4n) is 1.06. The minimum atomic E-state index is -0.799. The number of esters is 1. The van der Waals surface area contributed by atoms with E-state index < -0.39 is 17.7 Å². The third kappa shape index (κ3) is 2.66. The molecule has 1 rings (SSSR count). The van der Waals surface area contributed by atoms with Gasteiger partial charge in [-0.15, -0.1) is 0 Å². The van der Waals surface area contributed by atoms with E-state index in [2.05, 4.69) is 16.6 Å². The highest BCUT2D eigenvalue weighted by atomic mass is 19.1. The summed E-state index contributed by atoms with van der Waals surface area (Å²) < 4.78 is 17.6. The molecule has 0 saturated carbocycles. The monoisotopic (exact) mass is 223 g/mol. The van der Waals surface area contributed by atoms with Gasteiger partial charge < -0.3 is 10.1 Å². The highest BCUT2D eigenvalue weighted by Crippen LogP contribution is 2.15. The number of hydrogen-bond acceptors (Lipinski definition) is 3. The van der Waals surface area contributed by atoms with Gasteiger partial charge in [0.2, 0.25) is 5.91 Å². The zero-order valence-corrected chi connectivity index (χ0v) is 8.62. The SMILES string of the molecule is C=CC(=O)Nc1ccc(F)c(C(=O)OC)c1. The Hall–Kier alpha value is -2.17. The largest absolute Gasteiger partial charge is 0.465 e. The number of anilines is 1. The number of halogens is 1. The predicted octanol–water partition coefficient (Wildman–Crippen LogP) is 1.74. The van der Waals surface area contributed by atoms with Gasteiger partial charge in [-0.2, -0.15) is 0 Å². The van der Waals surface area contributed by atoms with Crippen molar-refractivity contribution >= 4 is 17.6 Å². The van der Waals surface area contributed by atoms with Gasteiger partial charge in [0.15, 0.2) is 0 Å². The van der Waals surface area contributed by atoms with Crippen LogP contribution in [0.3, 0.4) is 0 Å². The summed E-state index contributed by atoms with van der Waals surface area (Å²) in [5.74, 6) is -1.95. The van der Waals surface area contributed by atoms with Gasteiger partial charge in [0.25, 0.3) is 0 Å². The highest BCUT2D eigenvalue weighted by molar-refractivity contribution is 6.00. The smallest absolute Gasteiger partial charge is 0.340 e. The first-order valence-electron chi connectivity index (χ1n) is 4.39. The zero-order chi connectivity index (χ0) is 12.1. The van der Waals surface area contributed by atoms with Crippen LogP contribution in [0.4, 0.5) is 10.1 Å². The van der Waals surface area contributed by atoms with Gasteiger partial charge in [-0.3, -0.25) is 4.79 Å². The van der Waals surface area contributed by atoms with Gasteiger partial charge in [0.05, 0.1) is 12.7 Å². The van der Waals surface area contributed by atoms with Crippen LogP contribution in [-0.4, -0.2) is 19.0 Å². The number of benzene rings is 1. The number of rotatable bonds is 3. The van der Waals surface area contributed by atoms with Crippen LogP contribution in [0, 0.1) is 5.82 Å². The lowest BCUT2D eigenvalue weighted by Gasteiger charge is -2.05. The van der Waals surface area contributed by atoms with Gasteiger partial charge >= 0.3 is 5.97 Å². The summed E-state index contributed by atoms with van der Waals surface area (Å²) in [7, 11) is 1.15. The average Bonchev–Trinajstić information content (AvgIpc) is 2.30. The summed E-state index contributed by atoms with van der Waals surface area (Å²) in [5, 5.41) is 2.41. The van der Waals surface area contributed by atoms with Crippen LogP contribution in [0.1, 0.15) is 10.4 Å². The second kappa shape index (κ2) is 5.06. The summed E-state index contributed by atoms with van der Waals surface area (Å²) in [6.45, 7) is 3.27. The molecule has 0 aromatic heterocycles. The number of carbonyl (C=O) groups excluding carboxylic acids is 2. The molecule has 1 aromatic carbocycles. The Balaban J connectivity index is 3.02. The molecule has 0 atom stereocenters. The molecule has 0 unspecified atom stereocenters. The Morgan fingerprint density at radius 1 is 1.50 bits per heavy atom. The first kappa shape index (κ1) is 11.9. The molecule has 1 N–H and O–H groups in total. The number of hydrogen-bond donors (Lipinski definition) is 1. The van der Waals surface area contributed by atoms with Crippen LogP contribution in [0.5, 0.6) is 0 Å². The number of methoxy groups -OCH3 is 1. The number of carbonyl (C=O) groups is 2. The second-order valence-electron chi connectivity index (χ2n) is 2.88.